The fourth-order valence-electron chi connectivity index (χ4n) is 1.86. The van der Waals surface area contributed by atoms with Crippen LogP contribution in [-0.2, 0) is 11.2 Å². The zero-order valence-electron chi connectivity index (χ0n) is 10.1. The Balaban J connectivity index is 2.55. The third-order valence-electron chi connectivity index (χ3n) is 2.65. The maximum absolute atomic E-state index is 5.75. The molecule has 1 rings (SSSR count). The fraction of sp³-hybridized carbons (Fsp3) is 0.667. The van der Waals surface area contributed by atoms with Crippen molar-refractivity contribution in [2.24, 2.45) is 5.84 Å². The smallest absolute Gasteiger partial charge is 0.0744 e. The van der Waals surface area contributed by atoms with E-state index in [2.05, 4.69) is 29.2 Å². The molecule has 0 amide bonds. The van der Waals surface area contributed by atoms with E-state index in [1.165, 1.54) is 5.56 Å². The van der Waals surface area contributed by atoms with Gasteiger partial charge in [-0.2, -0.15) is 11.3 Å². The number of rotatable bonds is 8. The third-order valence-corrected chi connectivity index (χ3v) is 3.38. The van der Waals surface area contributed by atoms with Gasteiger partial charge in [-0.25, -0.2) is 0 Å². The molecule has 1 aromatic rings. The molecule has 2 unspecified atom stereocenters. The van der Waals surface area contributed by atoms with Gasteiger partial charge in [0.15, 0.2) is 0 Å². The Hall–Kier alpha value is -0.420. The molecule has 0 aromatic carbocycles. The van der Waals surface area contributed by atoms with Crippen molar-refractivity contribution in [1.82, 2.24) is 5.43 Å². The van der Waals surface area contributed by atoms with E-state index in [0.717, 1.165) is 25.9 Å². The van der Waals surface area contributed by atoms with E-state index in [9.17, 15) is 0 Å². The average molecular weight is 242 g/mol. The first-order chi connectivity index (χ1) is 7.81. The van der Waals surface area contributed by atoms with E-state index in [1.807, 2.05) is 6.92 Å². The predicted molar refractivity (Wildman–Crippen MR) is 69.5 cm³/mol. The van der Waals surface area contributed by atoms with Gasteiger partial charge in [-0.1, -0.05) is 13.3 Å². The highest BCUT2D eigenvalue weighted by molar-refractivity contribution is 7.07. The minimum atomic E-state index is 0.203. The van der Waals surface area contributed by atoms with E-state index < -0.39 is 0 Å². The molecule has 0 fully saturated rings. The Kier molecular flexibility index (Phi) is 6.64. The number of hydrogen-bond donors (Lipinski definition) is 2. The molecule has 4 heteroatoms. The molecule has 3 nitrogen and oxygen atoms in total. The van der Waals surface area contributed by atoms with Gasteiger partial charge in [0.25, 0.3) is 0 Å². The van der Waals surface area contributed by atoms with Crippen LogP contribution in [0.3, 0.4) is 0 Å². The largest absolute Gasteiger partial charge is 0.377 e. The summed E-state index contributed by atoms with van der Waals surface area (Å²) in [7, 11) is 0. The Labute approximate surface area is 102 Å². The molecule has 16 heavy (non-hydrogen) atoms. The first-order valence-corrected chi connectivity index (χ1v) is 6.84. The second kappa shape index (κ2) is 7.79. The average Bonchev–Trinajstić information content (AvgIpc) is 2.78. The van der Waals surface area contributed by atoms with Crippen LogP contribution < -0.4 is 11.3 Å². The van der Waals surface area contributed by atoms with Crippen LogP contribution in [0.4, 0.5) is 0 Å². The summed E-state index contributed by atoms with van der Waals surface area (Å²) < 4.78 is 5.75. The minimum absolute atomic E-state index is 0.203. The molecule has 0 saturated carbocycles. The Morgan fingerprint density at radius 2 is 2.31 bits per heavy atom. The fourth-order valence-corrected chi connectivity index (χ4v) is 2.54. The summed E-state index contributed by atoms with van der Waals surface area (Å²) in [5.41, 5.74) is 4.22. The zero-order chi connectivity index (χ0) is 11.8. The van der Waals surface area contributed by atoms with Crippen LogP contribution in [0, 0.1) is 0 Å². The molecule has 2 atom stereocenters. The van der Waals surface area contributed by atoms with Crippen LogP contribution >= 0.6 is 11.3 Å². The van der Waals surface area contributed by atoms with Gasteiger partial charge in [0.05, 0.1) is 12.1 Å². The SMILES string of the molecule is CCCC(OCC)C(Cc1ccsc1)NN. The van der Waals surface area contributed by atoms with Crippen LogP contribution in [0.2, 0.25) is 0 Å². The standard InChI is InChI=1S/C12H22N2OS/c1-3-5-12(15-4-2)11(14-13)8-10-6-7-16-9-10/h6-7,9,11-12,14H,3-5,8,13H2,1-2H3. The summed E-state index contributed by atoms with van der Waals surface area (Å²) >= 11 is 1.72. The van der Waals surface area contributed by atoms with Crippen molar-refractivity contribution in [3.05, 3.63) is 22.4 Å². The highest BCUT2D eigenvalue weighted by atomic mass is 32.1. The topological polar surface area (TPSA) is 47.3 Å². The third kappa shape index (κ3) is 4.22. The molecule has 0 spiro atoms. The van der Waals surface area contributed by atoms with Crippen molar-refractivity contribution in [2.75, 3.05) is 6.61 Å². The minimum Gasteiger partial charge on any atom is -0.377 e. The summed E-state index contributed by atoms with van der Waals surface area (Å²) in [5, 5.41) is 4.26. The molecule has 1 aromatic heterocycles. The summed E-state index contributed by atoms with van der Waals surface area (Å²) in [5.74, 6) is 5.62. The van der Waals surface area contributed by atoms with E-state index >= 15 is 0 Å². The van der Waals surface area contributed by atoms with Gasteiger partial charge < -0.3 is 4.74 Å². The first-order valence-electron chi connectivity index (χ1n) is 5.90. The number of nitrogens with one attached hydrogen (secondary N) is 1. The van der Waals surface area contributed by atoms with Gasteiger partial charge >= 0.3 is 0 Å². The van der Waals surface area contributed by atoms with Crippen molar-refractivity contribution in [1.29, 1.82) is 0 Å². The molecule has 92 valence electrons. The molecule has 0 aliphatic rings. The molecule has 0 saturated heterocycles. The second-order valence-electron chi connectivity index (χ2n) is 3.89. The first kappa shape index (κ1) is 13.6. The molecular formula is C12H22N2OS. The van der Waals surface area contributed by atoms with E-state index in [-0.39, 0.29) is 12.1 Å². The zero-order valence-corrected chi connectivity index (χ0v) is 10.9. The molecule has 1 heterocycles. The molecule has 3 N–H and O–H groups in total. The number of ether oxygens (including phenoxy) is 1. The number of nitrogens with two attached hydrogens (primary N) is 1. The molecule has 0 aliphatic carbocycles. The van der Waals surface area contributed by atoms with Gasteiger partial charge in [0.1, 0.15) is 0 Å². The Bertz CT molecular complexity index is 258. The molecule has 0 radical (unpaired) electrons. The summed E-state index contributed by atoms with van der Waals surface area (Å²) in [6.07, 6.45) is 3.31. The van der Waals surface area contributed by atoms with E-state index in [4.69, 9.17) is 10.6 Å². The lowest BCUT2D eigenvalue weighted by Crippen LogP contribution is -2.46. The highest BCUT2D eigenvalue weighted by Crippen LogP contribution is 2.14. The van der Waals surface area contributed by atoms with Crippen LogP contribution in [-0.4, -0.2) is 18.8 Å². The summed E-state index contributed by atoms with van der Waals surface area (Å²) in [6, 6.07) is 2.35. The maximum Gasteiger partial charge on any atom is 0.0744 e. The van der Waals surface area contributed by atoms with Gasteiger partial charge in [-0.15, -0.1) is 0 Å². The van der Waals surface area contributed by atoms with Gasteiger partial charge in [0.2, 0.25) is 0 Å². The quantitative estimate of drug-likeness (QED) is 0.543. The highest BCUT2D eigenvalue weighted by Gasteiger charge is 2.20. The van der Waals surface area contributed by atoms with Crippen molar-refractivity contribution in [3.63, 3.8) is 0 Å². The van der Waals surface area contributed by atoms with Crippen molar-refractivity contribution in [3.8, 4) is 0 Å². The van der Waals surface area contributed by atoms with Gasteiger partial charge in [-0.05, 0) is 42.2 Å². The lowest BCUT2D eigenvalue weighted by atomic mass is 10.0. The van der Waals surface area contributed by atoms with Crippen LogP contribution in [0.25, 0.3) is 0 Å². The Morgan fingerprint density at radius 1 is 1.50 bits per heavy atom. The monoisotopic (exact) mass is 242 g/mol. The van der Waals surface area contributed by atoms with Crippen molar-refractivity contribution in [2.45, 2.75) is 45.3 Å². The summed E-state index contributed by atoms with van der Waals surface area (Å²) in [6.45, 7) is 4.94. The molecular weight excluding hydrogens is 220 g/mol. The van der Waals surface area contributed by atoms with Crippen LogP contribution in [0.5, 0.6) is 0 Å². The molecule has 0 aliphatic heterocycles. The predicted octanol–water partition coefficient (Wildman–Crippen LogP) is 2.33. The number of thiophene rings is 1. The number of hydrazine groups is 1. The second-order valence-corrected chi connectivity index (χ2v) is 4.67. The van der Waals surface area contributed by atoms with Crippen LogP contribution in [0.1, 0.15) is 32.3 Å². The number of hydrogen-bond acceptors (Lipinski definition) is 4. The summed E-state index contributed by atoms with van der Waals surface area (Å²) in [4.78, 5) is 0. The van der Waals surface area contributed by atoms with Crippen LogP contribution in [0.15, 0.2) is 16.8 Å². The van der Waals surface area contributed by atoms with E-state index in [0.29, 0.717) is 0 Å². The van der Waals surface area contributed by atoms with Gasteiger partial charge in [-0.3, -0.25) is 11.3 Å². The Morgan fingerprint density at radius 3 is 2.81 bits per heavy atom. The maximum atomic E-state index is 5.75. The van der Waals surface area contributed by atoms with Crippen molar-refractivity contribution < 1.29 is 4.74 Å². The molecule has 0 bridgehead atoms. The van der Waals surface area contributed by atoms with E-state index in [1.54, 1.807) is 11.3 Å². The lowest BCUT2D eigenvalue weighted by Gasteiger charge is -2.26. The van der Waals surface area contributed by atoms with Crippen molar-refractivity contribution >= 4 is 11.3 Å². The normalized spacial score (nSPS) is 14.9. The van der Waals surface area contributed by atoms with Gasteiger partial charge in [0, 0.05) is 6.61 Å². The lowest BCUT2D eigenvalue weighted by molar-refractivity contribution is 0.0282.